The highest BCUT2D eigenvalue weighted by Crippen LogP contribution is 2.37. The highest BCUT2D eigenvalue weighted by molar-refractivity contribution is 5.53. The number of phenols is 1. The zero-order chi connectivity index (χ0) is 13.2. The number of nitrogens with one attached hydrogen (secondary N) is 1. The van der Waals surface area contributed by atoms with E-state index in [1.807, 2.05) is 0 Å². The minimum absolute atomic E-state index is 0.138. The normalized spacial score (nSPS) is 12.5. The lowest BCUT2D eigenvalue weighted by Gasteiger charge is -2.09. The topological polar surface area (TPSA) is 50.7 Å². The molecular weight excluding hydrogens is 249 g/mol. The Morgan fingerprint density at radius 3 is 2.53 bits per heavy atom. The Kier molecular flexibility index (Phi) is 2.87. The van der Waals surface area contributed by atoms with Crippen molar-refractivity contribution in [3.05, 3.63) is 47.8 Å². The Morgan fingerprint density at radius 2 is 1.79 bits per heavy atom. The van der Waals surface area contributed by atoms with E-state index >= 15 is 0 Å². The number of aromatic hydroxyl groups is 1. The summed E-state index contributed by atoms with van der Waals surface area (Å²) in [5, 5.41) is 13.0. The second-order valence-electron chi connectivity index (χ2n) is 4.19. The first-order chi connectivity index (χ1) is 9.22. The SMILES string of the molecule is Oc1cc2c(cc1CNc1ccc(F)cc1)OCO2. The van der Waals surface area contributed by atoms with Gasteiger partial charge in [0, 0.05) is 23.9 Å². The standard InChI is InChI=1S/C14H12FNO3/c15-10-1-3-11(4-2-10)16-7-9-5-13-14(6-12(9)17)19-8-18-13/h1-6,16-17H,7-8H2. The van der Waals surface area contributed by atoms with Crippen molar-refractivity contribution in [3.63, 3.8) is 0 Å². The molecule has 0 saturated carbocycles. The first kappa shape index (κ1) is 11.6. The first-order valence-corrected chi connectivity index (χ1v) is 5.83. The summed E-state index contributed by atoms with van der Waals surface area (Å²) in [5.74, 6) is 1.02. The molecule has 0 atom stereocenters. The summed E-state index contributed by atoms with van der Waals surface area (Å²) in [7, 11) is 0. The Morgan fingerprint density at radius 1 is 1.11 bits per heavy atom. The van der Waals surface area contributed by atoms with Gasteiger partial charge in [0.15, 0.2) is 11.5 Å². The van der Waals surface area contributed by atoms with Crippen molar-refractivity contribution in [2.24, 2.45) is 0 Å². The summed E-state index contributed by atoms with van der Waals surface area (Å²) in [6.07, 6.45) is 0. The molecular formula is C14H12FNO3. The van der Waals surface area contributed by atoms with Crippen LogP contribution < -0.4 is 14.8 Å². The van der Waals surface area contributed by atoms with Gasteiger partial charge in [0.05, 0.1) is 0 Å². The van der Waals surface area contributed by atoms with Gasteiger partial charge in [0.2, 0.25) is 6.79 Å². The average molecular weight is 261 g/mol. The van der Waals surface area contributed by atoms with E-state index in [0.717, 1.165) is 5.69 Å². The van der Waals surface area contributed by atoms with Crippen LogP contribution in [0.1, 0.15) is 5.56 Å². The summed E-state index contributed by atoms with van der Waals surface area (Å²) in [4.78, 5) is 0. The predicted octanol–water partition coefficient (Wildman–Crippen LogP) is 2.87. The molecule has 0 radical (unpaired) electrons. The molecule has 0 spiro atoms. The molecule has 0 fully saturated rings. The molecule has 0 amide bonds. The molecule has 1 aliphatic rings. The zero-order valence-corrected chi connectivity index (χ0v) is 10.0. The molecule has 0 aromatic heterocycles. The third kappa shape index (κ3) is 2.40. The van der Waals surface area contributed by atoms with E-state index in [4.69, 9.17) is 9.47 Å². The minimum atomic E-state index is -0.281. The number of hydrogen-bond acceptors (Lipinski definition) is 4. The second-order valence-corrected chi connectivity index (χ2v) is 4.19. The Balaban J connectivity index is 1.75. The van der Waals surface area contributed by atoms with Crippen molar-refractivity contribution in [1.82, 2.24) is 0 Å². The molecule has 2 aromatic rings. The molecule has 0 saturated heterocycles. The molecule has 1 heterocycles. The first-order valence-electron chi connectivity index (χ1n) is 5.83. The van der Waals surface area contributed by atoms with Crippen LogP contribution >= 0.6 is 0 Å². The van der Waals surface area contributed by atoms with Crippen molar-refractivity contribution in [2.75, 3.05) is 12.1 Å². The molecule has 3 rings (SSSR count). The molecule has 1 aliphatic heterocycles. The molecule has 0 bridgehead atoms. The van der Waals surface area contributed by atoms with Gasteiger partial charge in [-0.1, -0.05) is 0 Å². The second kappa shape index (κ2) is 4.68. The Bertz CT molecular complexity index is 598. The fourth-order valence-corrected chi connectivity index (χ4v) is 1.88. The maximum atomic E-state index is 12.8. The summed E-state index contributed by atoms with van der Waals surface area (Å²) < 4.78 is 23.2. The van der Waals surface area contributed by atoms with Crippen LogP contribution in [0.2, 0.25) is 0 Å². The number of phenolic OH excluding ortho intramolecular Hbond substituents is 1. The number of rotatable bonds is 3. The average Bonchev–Trinajstić information content (AvgIpc) is 2.85. The van der Waals surface area contributed by atoms with E-state index in [1.54, 1.807) is 18.2 Å². The molecule has 5 heteroatoms. The van der Waals surface area contributed by atoms with Crippen molar-refractivity contribution >= 4 is 5.69 Å². The molecule has 2 N–H and O–H groups in total. The molecule has 98 valence electrons. The monoisotopic (exact) mass is 261 g/mol. The van der Waals surface area contributed by atoms with E-state index in [0.29, 0.717) is 23.6 Å². The van der Waals surface area contributed by atoms with Gasteiger partial charge in [0.1, 0.15) is 11.6 Å². The number of halogens is 1. The van der Waals surface area contributed by atoms with E-state index < -0.39 is 0 Å². The van der Waals surface area contributed by atoms with E-state index in [-0.39, 0.29) is 18.4 Å². The van der Waals surface area contributed by atoms with E-state index in [2.05, 4.69) is 5.32 Å². The fourth-order valence-electron chi connectivity index (χ4n) is 1.88. The highest BCUT2D eigenvalue weighted by atomic mass is 19.1. The summed E-state index contributed by atoms with van der Waals surface area (Å²) in [5.41, 5.74) is 1.46. The maximum absolute atomic E-state index is 12.8. The third-order valence-electron chi connectivity index (χ3n) is 2.90. The van der Waals surface area contributed by atoms with Crippen LogP contribution in [0.25, 0.3) is 0 Å². The van der Waals surface area contributed by atoms with Crippen LogP contribution in [-0.2, 0) is 6.54 Å². The Labute approximate surface area is 109 Å². The van der Waals surface area contributed by atoms with Crippen LogP contribution in [0.4, 0.5) is 10.1 Å². The molecule has 0 aliphatic carbocycles. The third-order valence-corrected chi connectivity index (χ3v) is 2.90. The van der Waals surface area contributed by atoms with Gasteiger partial charge in [0.25, 0.3) is 0 Å². The number of hydrogen-bond donors (Lipinski definition) is 2. The lowest BCUT2D eigenvalue weighted by Crippen LogP contribution is -1.99. The smallest absolute Gasteiger partial charge is 0.231 e. The van der Waals surface area contributed by atoms with Crippen molar-refractivity contribution in [3.8, 4) is 17.2 Å². The molecule has 4 nitrogen and oxygen atoms in total. The molecule has 19 heavy (non-hydrogen) atoms. The lowest BCUT2D eigenvalue weighted by molar-refractivity contribution is 0.174. The Hall–Kier alpha value is -2.43. The van der Waals surface area contributed by atoms with Gasteiger partial charge >= 0.3 is 0 Å². The summed E-state index contributed by atoms with van der Waals surface area (Å²) in [6.45, 7) is 0.581. The fraction of sp³-hybridized carbons (Fsp3) is 0.143. The van der Waals surface area contributed by atoms with Crippen LogP contribution in [0, 0.1) is 5.82 Å². The van der Waals surface area contributed by atoms with Gasteiger partial charge in [-0.25, -0.2) is 4.39 Å². The quantitative estimate of drug-likeness (QED) is 0.892. The van der Waals surface area contributed by atoms with E-state index in [9.17, 15) is 9.50 Å². The number of benzene rings is 2. The van der Waals surface area contributed by atoms with Gasteiger partial charge in [-0.05, 0) is 30.3 Å². The van der Waals surface area contributed by atoms with Gasteiger partial charge in [-0.15, -0.1) is 0 Å². The van der Waals surface area contributed by atoms with Gasteiger partial charge in [-0.2, -0.15) is 0 Å². The number of ether oxygens (including phenoxy) is 2. The van der Waals surface area contributed by atoms with Crippen molar-refractivity contribution < 1.29 is 19.0 Å². The number of anilines is 1. The summed E-state index contributed by atoms with van der Waals surface area (Å²) in [6, 6.07) is 9.29. The molecule has 2 aromatic carbocycles. The van der Waals surface area contributed by atoms with Crippen LogP contribution in [-0.4, -0.2) is 11.9 Å². The predicted molar refractivity (Wildman–Crippen MR) is 68.0 cm³/mol. The maximum Gasteiger partial charge on any atom is 0.231 e. The lowest BCUT2D eigenvalue weighted by atomic mass is 10.1. The minimum Gasteiger partial charge on any atom is -0.507 e. The summed E-state index contributed by atoms with van der Waals surface area (Å²) >= 11 is 0. The zero-order valence-electron chi connectivity index (χ0n) is 10.0. The van der Waals surface area contributed by atoms with Gasteiger partial charge in [-0.3, -0.25) is 0 Å². The van der Waals surface area contributed by atoms with Crippen LogP contribution in [0.3, 0.4) is 0 Å². The van der Waals surface area contributed by atoms with Gasteiger partial charge < -0.3 is 19.9 Å². The number of fused-ring (bicyclic) bond motifs is 1. The highest BCUT2D eigenvalue weighted by Gasteiger charge is 2.16. The largest absolute Gasteiger partial charge is 0.507 e. The van der Waals surface area contributed by atoms with Crippen LogP contribution in [0.15, 0.2) is 36.4 Å². The van der Waals surface area contributed by atoms with Crippen molar-refractivity contribution in [2.45, 2.75) is 6.54 Å². The van der Waals surface area contributed by atoms with Crippen LogP contribution in [0.5, 0.6) is 17.2 Å². The van der Waals surface area contributed by atoms with E-state index in [1.165, 1.54) is 18.2 Å². The molecule has 0 unspecified atom stereocenters. The van der Waals surface area contributed by atoms with Crippen molar-refractivity contribution in [1.29, 1.82) is 0 Å².